The standard InChI is InChI=1S/C14H15NO4/c1-9(8-18-2)19-13-11(14(16)17)7-10-5-3-4-6-12(10)15-13/h3-7,9H,8H2,1-2H3,(H,16,17). The Kier molecular flexibility index (Phi) is 3.97. The number of benzene rings is 1. The lowest BCUT2D eigenvalue weighted by Crippen LogP contribution is -2.20. The first-order chi connectivity index (χ1) is 9.11. The maximum absolute atomic E-state index is 11.3. The van der Waals surface area contributed by atoms with Crippen LogP contribution in [0.4, 0.5) is 0 Å². The Hall–Kier alpha value is -2.14. The van der Waals surface area contributed by atoms with Gasteiger partial charge in [0.05, 0.1) is 12.1 Å². The number of fused-ring (bicyclic) bond motifs is 1. The molecule has 0 radical (unpaired) electrons. The maximum Gasteiger partial charge on any atom is 0.341 e. The molecule has 0 fully saturated rings. The molecule has 1 aromatic heterocycles. The molecule has 0 spiro atoms. The van der Waals surface area contributed by atoms with Crippen LogP contribution in [0.5, 0.6) is 5.88 Å². The van der Waals surface area contributed by atoms with Crippen molar-refractivity contribution in [3.63, 3.8) is 0 Å². The largest absolute Gasteiger partial charge is 0.477 e. The molecule has 2 rings (SSSR count). The van der Waals surface area contributed by atoms with E-state index in [0.29, 0.717) is 12.1 Å². The number of aromatic carboxylic acids is 1. The molecule has 0 aliphatic rings. The number of aromatic nitrogens is 1. The first-order valence-corrected chi connectivity index (χ1v) is 5.90. The molecular weight excluding hydrogens is 246 g/mol. The van der Waals surface area contributed by atoms with Crippen molar-refractivity contribution in [3.8, 4) is 5.88 Å². The summed E-state index contributed by atoms with van der Waals surface area (Å²) >= 11 is 0. The van der Waals surface area contributed by atoms with Crippen molar-refractivity contribution in [2.24, 2.45) is 0 Å². The number of methoxy groups -OCH3 is 1. The van der Waals surface area contributed by atoms with Crippen molar-refractivity contribution in [2.75, 3.05) is 13.7 Å². The number of rotatable bonds is 5. The second-order valence-corrected chi connectivity index (χ2v) is 4.22. The number of para-hydroxylation sites is 1. The third-order valence-corrected chi connectivity index (χ3v) is 2.63. The lowest BCUT2D eigenvalue weighted by Gasteiger charge is -2.15. The van der Waals surface area contributed by atoms with Crippen LogP contribution in [0.3, 0.4) is 0 Å². The minimum absolute atomic E-state index is 0.0571. The lowest BCUT2D eigenvalue weighted by atomic mass is 10.1. The fourth-order valence-corrected chi connectivity index (χ4v) is 1.80. The Labute approximate surface area is 110 Å². The van der Waals surface area contributed by atoms with Crippen LogP contribution < -0.4 is 4.74 Å². The SMILES string of the molecule is COCC(C)Oc1nc2ccccc2cc1C(=O)O. The third-order valence-electron chi connectivity index (χ3n) is 2.63. The molecule has 5 nitrogen and oxygen atoms in total. The summed E-state index contributed by atoms with van der Waals surface area (Å²) in [5, 5.41) is 9.99. The van der Waals surface area contributed by atoms with Gasteiger partial charge in [-0.05, 0) is 19.1 Å². The van der Waals surface area contributed by atoms with Crippen LogP contribution in [-0.2, 0) is 4.74 Å². The summed E-state index contributed by atoms with van der Waals surface area (Å²) in [7, 11) is 1.56. The zero-order valence-electron chi connectivity index (χ0n) is 10.8. The first kappa shape index (κ1) is 13.3. The van der Waals surface area contributed by atoms with Crippen molar-refractivity contribution in [1.29, 1.82) is 0 Å². The van der Waals surface area contributed by atoms with E-state index in [1.54, 1.807) is 20.1 Å². The van der Waals surface area contributed by atoms with Gasteiger partial charge in [-0.15, -0.1) is 0 Å². The zero-order chi connectivity index (χ0) is 13.8. The molecule has 100 valence electrons. The fraction of sp³-hybridized carbons (Fsp3) is 0.286. The first-order valence-electron chi connectivity index (χ1n) is 5.90. The predicted molar refractivity (Wildman–Crippen MR) is 70.7 cm³/mol. The van der Waals surface area contributed by atoms with Crippen molar-refractivity contribution < 1.29 is 19.4 Å². The van der Waals surface area contributed by atoms with E-state index >= 15 is 0 Å². The van der Waals surface area contributed by atoms with Gasteiger partial charge >= 0.3 is 5.97 Å². The van der Waals surface area contributed by atoms with Crippen LogP contribution in [0.2, 0.25) is 0 Å². The van der Waals surface area contributed by atoms with Gasteiger partial charge in [0.15, 0.2) is 0 Å². The van der Waals surface area contributed by atoms with Gasteiger partial charge in [0.25, 0.3) is 0 Å². The van der Waals surface area contributed by atoms with Crippen LogP contribution in [0.1, 0.15) is 17.3 Å². The van der Waals surface area contributed by atoms with E-state index in [4.69, 9.17) is 9.47 Å². The van der Waals surface area contributed by atoms with Crippen LogP contribution in [0.25, 0.3) is 10.9 Å². The quantitative estimate of drug-likeness (QED) is 0.894. The lowest BCUT2D eigenvalue weighted by molar-refractivity contribution is 0.0669. The van der Waals surface area contributed by atoms with Crippen molar-refractivity contribution in [3.05, 3.63) is 35.9 Å². The third kappa shape index (κ3) is 3.00. The molecule has 1 atom stereocenters. The number of pyridine rings is 1. The topological polar surface area (TPSA) is 68.7 Å². The Morgan fingerprint density at radius 3 is 2.84 bits per heavy atom. The smallest absolute Gasteiger partial charge is 0.341 e. The second-order valence-electron chi connectivity index (χ2n) is 4.22. The zero-order valence-corrected chi connectivity index (χ0v) is 10.8. The van der Waals surface area contributed by atoms with E-state index < -0.39 is 5.97 Å². The average Bonchev–Trinajstić information content (AvgIpc) is 2.38. The van der Waals surface area contributed by atoms with Crippen LogP contribution >= 0.6 is 0 Å². The molecule has 0 bridgehead atoms. The number of carboxylic acid groups (broad SMARTS) is 1. The van der Waals surface area contributed by atoms with Gasteiger partial charge in [0.2, 0.25) is 5.88 Å². The van der Waals surface area contributed by atoms with Crippen molar-refractivity contribution in [2.45, 2.75) is 13.0 Å². The molecule has 1 aromatic carbocycles. The van der Waals surface area contributed by atoms with Gasteiger partial charge in [-0.25, -0.2) is 9.78 Å². The minimum Gasteiger partial charge on any atom is -0.477 e. The highest BCUT2D eigenvalue weighted by molar-refractivity contribution is 5.95. The van der Waals surface area contributed by atoms with Gasteiger partial charge in [-0.1, -0.05) is 18.2 Å². The van der Waals surface area contributed by atoms with Gasteiger partial charge in [0, 0.05) is 12.5 Å². The number of hydrogen-bond acceptors (Lipinski definition) is 4. The molecule has 1 heterocycles. The van der Waals surface area contributed by atoms with Gasteiger partial charge < -0.3 is 14.6 Å². The molecular formula is C14H15NO4. The molecule has 2 aromatic rings. The molecule has 1 N–H and O–H groups in total. The van der Waals surface area contributed by atoms with Crippen LogP contribution in [0.15, 0.2) is 30.3 Å². The number of ether oxygens (including phenoxy) is 2. The highest BCUT2D eigenvalue weighted by Crippen LogP contribution is 2.23. The monoisotopic (exact) mass is 261 g/mol. The Bertz CT molecular complexity index is 597. The van der Waals surface area contributed by atoms with Gasteiger partial charge in [-0.2, -0.15) is 0 Å². The normalized spacial score (nSPS) is 12.3. The Morgan fingerprint density at radius 2 is 2.16 bits per heavy atom. The summed E-state index contributed by atoms with van der Waals surface area (Å²) < 4.78 is 10.5. The summed E-state index contributed by atoms with van der Waals surface area (Å²) in [6, 6.07) is 8.88. The average molecular weight is 261 g/mol. The summed E-state index contributed by atoms with van der Waals surface area (Å²) in [5.74, 6) is -0.936. The summed E-state index contributed by atoms with van der Waals surface area (Å²) in [6.45, 7) is 2.17. The Balaban J connectivity index is 2.44. The summed E-state index contributed by atoms with van der Waals surface area (Å²) in [6.07, 6.45) is -0.267. The van der Waals surface area contributed by atoms with E-state index in [-0.39, 0.29) is 17.5 Å². The second kappa shape index (κ2) is 5.67. The van der Waals surface area contributed by atoms with Gasteiger partial charge in [0.1, 0.15) is 11.7 Å². The molecule has 0 saturated heterocycles. The number of carboxylic acids is 1. The van der Waals surface area contributed by atoms with E-state index in [9.17, 15) is 9.90 Å². The Morgan fingerprint density at radius 1 is 1.42 bits per heavy atom. The molecule has 0 aliphatic heterocycles. The molecule has 5 heteroatoms. The number of carbonyl (C=O) groups is 1. The van der Waals surface area contributed by atoms with Crippen molar-refractivity contribution >= 4 is 16.9 Å². The summed E-state index contributed by atoms with van der Waals surface area (Å²) in [5.41, 5.74) is 0.758. The van der Waals surface area contributed by atoms with E-state index in [1.807, 2.05) is 24.3 Å². The van der Waals surface area contributed by atoms with Gasteiger partial charge in [-0.3, -0.25) is 0 Å². The molecule has 19 heavy (non-hydrogen) atoms. The summed E-state index contributed by atoms with van der Waals surface area (Å²) in [4.78, 5) is 15.5. The molecule has 0 saturated carbocycles. The number of hydrogen-bond donors (Lipinski definition) is 1. The number of nitrogens with zero attached hydrogens (tertiary/aromatic N) is 1. The van der Waals surface area contributed by atoms with E-state index in [0.717, 1.165) is 5.39 Å². The van der Waals surface area contributed by atoms with E-state index in [1.165, 1.54) is 0 Å². The minimum atomic E-state index is -1.06. The highest BCUT2D eigenvalue weighted by Gasteiger charge is 2.16. The maximum atomic E-state index is 11.3. The van der Waals surface area contributed by atoms with E-state index in [2.05, 4.69) is 4.98 Å². The van der Waals surface area contributed by atoms with Crippen LogP contribution in [-0.4, -0.2) is 35.9 Å². The fourth-order valence-electron chi connectivity index (χ4n) is 1.80. The highest BCUT2D eigenvalue weighted by atomic mass is 16.5. The van der Waals surface area contributed by atoms with Crippen molar-refractivity contribution in [1.82, 2.24) is 4.98 Å². The predicted octanol–water partition coefficient (Wildman–Crippen LogP) is 2.35. The molecule has 1 unspecified atom stereocenters. The molecule has 0 amide bonds. The van der Waals surface area contributed by atoms with Crippen LogP contribution in [0, 0.1) is 0 Å². The molecule has 0 aliphatic carbocycles.